The molecule has 3 rings (SSSR count). The van der Waals surface area contributed by atoms with Crippen LogP contribution in [0.4, 0.5) is 0 Å². The molecule has 0 spiro atoms. The smallest absolute Gasteiger partial charge is 0.0991 e. The van der Waals surface area contributed by atoms with Crippen molar-refractivity contribution in [3.05, 3.63) is 71.9 Å². The van der Waals surface area contributed by atoms with Gasteiger partial charge in [0.2, 0.25) is 0 Å². The number of hydrogen-bond donors (Lipinski definition) is 2. The first-order valence-electron chi connectivity index (χ1n) is 7.63. The molecule has 0 aliphatic heterocycles. The molecule has 0 unspecified atom stereocenters. The molecule has 1 aromatic heterocycles. The number of benzene rings is 2. The summed E-state index contributed by atoms with van der Waals surface area (Å²) in [5, 5.41) is 23.7. The van der Waals surface area contributed by atoms with E-state index >= 15 is 0 Å². The largest absolute Gasteiger partial charge is 0.389 e. The molecular formula is C19H19N3O. The van der Waals surface area contributed by atoms with Gasteiger partial charge in [-0.25, -0.2) is 0 Å². The fourth-order valence-corrected chi connectivity index (χ4v) is 3.02. The van der Waals surface area contributed by atoms with Crippen molar-refractivity contribution < 1.29 is 5.11 Å². The van der Waals surface area contributed by atoms with E-state index in [9.17, 15) is 5.11 Å². The molecule has 0 aliphatic rings. The van der Waals surface area contributed by atoms with Gasteiger partial charge in [-0.2, -0.15) is 5.26 Å². The number of nitrogens with zero attached hydrogens (tertiary/aromatic N) is 2. The topological polar surface area (TPSA) is 61.0 Å². The van der Waals surface area contributed by atoms with Crippen LogP contribution in [0.3, 0.4) is 0 Å². The van der Waals surface area contributed by atoms with Crippen molar-refractivity contribution in [2.24, 2.45) is 0 Å². The first-order chi connectivity index (χ1) is 11.2. The number of rotatable bonds is 5. The Morgan fingerprint density at radius 1 is 1.17 bits per heavy atom. The molecule has 1 heterocycles. The van der Waals surface area contributed by atoms with Crippen LogP contribution in [0.25, 0.3) is 10.9 Å². The van der Waals surface area contributed by atoms with Gasteiger partial charge in [-0.3, -0.25) is 0 Å². The second kappa shape index (κ2) is 6.66. The van der Waals surface area contributed by atoms with Crippen LogP contribution in [-0.4, -0.2) is 29.4 Å². The van der Waals surface area contributed by atoms with E-state index in [0.717, 1.165) is 16.5 Å². The van der Waals surface area contributed by atoms with Crippen LogP contribution in [0, 0.1) is 11.3 Å². The standard InChI is InChI=1S/C19H19N3O/c1-21-13-18(23)19(15-5-3-2-4-6-15)22-10-9-16-11-14(12-20)7-8-17(16)22/h2-11,18-19,21,23H,13H2,1H3/t18-,19-/m0/s1. The van der Waals surface area contributed by atoms with Gasteiger partial charge >= 0.3 is 0 Å². The Morgan fingerprint density at radius 2 is 1.96 bits per heavy atom. The van der Waals surface area contributed by atoms with Crippen LogP contribution < -0.4 is 5.32 Å². The first kappa shape index (κ1) is 15.3. The van der Waals surface area contributed by atoms with E-state index in [1.54, 1.807) is 0 Å². The summed E-state index contributed by atoms with van der Waals surface area (Å²) < 4.78 is 2.08. The molecule has 0 amide bonds. The van der Waals surface area contributed by atoms with E-state index in [4.69, 9.17) is 5.26 Å². The Morgan fingerprint density at radius 3 is 2.65 bits per heavy atom. The van der Waals surface area contributed by atoms with Gasteiger partial charge in [0.15, 0.2) is 0 Å². The number of hydrogen-bond acceptors (Lipinski definition) is 3. The zero-order valence-electron chi connectivity index (χ0n) is 13.0. The average molecular weight is 305 g/mol. The lowest BCUT2D eigenvalue weighted by Crippen LogP contribution is -2.33. The highest BCUT2D eigenvalue weighted by Gasteiger charge is 2.23. The lowest BCUT2D eigenvalue weighted by molar-refractivity contribution is 0.132. The van der Waals surface area contributed by atoms with Crippen molar-refractivity contribution in [2.45, 2.75) is 12.1 Å². The van der Waals surface area contributed by atoms with E-state index in [1.807, 2.05) is 67.8 Å². The molecule has 2 N–H and O–H groups in total. The number of nitriles is 1. The number of aromatic nitrogens is 1. The summed E-state index contributed by atoms with van der Waals surface area (Å²) >= 11 is 0. The van der Waals surface area contributed by atoms with Crippen molar-refractivity contribution in [2.75, 3.05) is 13.6 Å². The van der Waals surface area contributed by atoms with Gasteiger partial charge in [0.25, 0.3) is 0 Å². The summed E-state index contributed by atoms with van der Waals surface area (Å²) in [5.74, 6) is 0. The Balaban J connectivity index is 2.12. The Kier molecular flexibility index (Phi) is 4.42. The molecule has 2 aromatic carbocycles. The highest BCUT2D eigenvalue weighted by Crippen LogP contribution is 2.28. The molecule has 0 bridgehead atoms. The zero-order chi connectivity index (χ0) is 16.2. The molecular weight excluding hydrogens is 286 g/mol. The van der Waals surface area contributed by atoms with Gasteiger partial charge in [0.05, 0.1) is 23.8 Å². The van der Waals surface area contributed by atoms with Crippen molar-refractivity contribution in [3.8, 4) is 6.07 Å². The van der Waals surface area contributed by atoms with Gasteiger partial charge in [-0.1, -0.05) is 30.3 Å². The maximum Gasteiger partial charge on any atom is 0.0991 e. The maximum atomic E-state index is 10.7. The lowest BCUT2D eigenvalue weighted by Gasteiger charge is -2.26. The summed E-state index contributed by atoms with van der Waals surface area (Å²) in [5.41, 5.74) is 2.70. The second-order valence-electron chi connectivity index (χ2n) is 5.59. The van der Waals surface area contributed by atoms with Crippen molar-refractivity contribution >= 4 is 10.9 Å². The van der Waals surface area contributed by atoms with E-state index in [2.05, 4.69) is 16.0 Å². The summed E-state index contributed by atoms with van der Waals surface area (Å²) in [6.45, 7) is 0.496. The summed E-state index contributed by atoms with van der Waals surface area (Å²) in [6, 6.07) is 19.6. The van der Waals surface area contributed by atoms with Crippen LogP contribution in [0.2, 0.25) is 0 Å². The van der Waals surface area contributed by atoms with E-state index in [1.165, 1.54) is 0 Å². The van der Waals surface area contributed by atoms with Crippen molar-refractivity contribution in [1.82, 2.24) is 9.88 Å². The van der Waals surface area contributed by atoms with Crippen LogP contribution in [-0.2, 0) is 0 Å². The number of fused-ring (bicyclic) bond motifs is 1. The first-order valence-corrected chi connectivity index (χ1v) is 7.63. The SMILES string of the molecule is CNC[C@H](O)[C@H](c1ccccc1)n1ccc2cc(C#N)ccc21. The maximum absolute atomic E-state index is 10.7. The Labute approximate surface area is 135 Å². The van der Waals surface area contributed by atoms with Gasteiger partial charge in [-0.05, 0) is 36.9 Å². The molecule has 3 aromatic rings. The molecule has 0 radical (unpaired) electrons. The molecule has 0 saturated carbocycles. The lowest BCUT2D eigenvalue weighted by atomic mass is 10.0. The van der Waals surface area contributed by atoms with Crippen LogP contribution in [0.1, 0.15) is 17.2 Å². The Hall–Kier alpha value is -2.61. The Bertz CT molecular complexity index is 833. The minimum absolute atomic E-state index is 0.186. The molecule has 23 heavy (non-hydrogen) atoms. The third-order valence-electron chi connectivity index (χ3n) is 4.07. The van der Waals surface area contributed by atoms with Gasteiger partial charge < -0.3 is 15.0 Å². The van der Waals surface area contributed by atoms with Gasteiger partial charge in [0.1, 0.15) is 0 Å². The van der Waals surface area contributed by atoms with Crippen LogP contribution in [0.5, 0.6) is 0 Å². The van der Waals surface area contributed by atoms with Crippen molar-refractivity contribution in [1.29, 1.82) is 5.26 Å². The molecule has 116 valence electrons. The third kappa shape index (κ3) is 2.98. The minimum Gasteiger partial charge on any atom is -0.389 e. The zero-order valence-corrected chi connectivity index (χ0v) is 13.0. The highest BCUT2D eigenvalue weighted by molar-refractivity contribution is 5.82. The number of nitrogens with one attached hydrogen (secondary N) is 1. The molecule has 0 aliphatic carbocycles. The monoisotopic (exact) mass is 305 g/mol. The number of aliphatic hydroxyl groups is 1. The summed E-state index contributed by atoms with van der Waals surface area (Å²) in [6.07, 6.45) is 1.41. The normalized spacial score (nSPS) is 13.6. The summed E-state index contributed by atoms with van der Waals surface area (Å²) in [7, 11) is 1.83. The average Bonchev–Trinajstić information content (AvgIpc) is 2.99. The summed E-state index contributed by atoms with van der Waals surface area (Å²) in [4.78, 5) is 0. The fourth-order valence-electron chi connectivity index (χ4n) is 3.02. The van der Waals surface area contributed by atoms with E-state index in [-0.39, 0.29) is 6.04 Å². The van der Waals surface area contributed by atoms with Crippen molar-refractivity contribution in [3.63, 3.8) is 0 Å². The quantitative estimate of drug-likeness (QED) is 0.762. The number of aliphatic hydroxyl groups excluding tert-OH is 1. The molecule has 2 atom stereocenters. The molecule has 4 heteroatoms. The van der Waals surface area contributed by atoms with E-state index in [0.29, 0.717) is 12.1 Å². The van der Waals surface area contributed by atoms with E-state index < -0.39 is 6.10 Å². The van der Waals surface area contributed by atoms with Gasteiger partial charge in [-0.15, -0.1) is 0 Å². The van der Waals surface area contributed by atoms with Gasteiger partial charge in [0, 0.05) is 23.6 Å². The second-order valence-corrected chi connectivity index (χ2v) is 5.59. The molecule has 4 nitrogen and oxygen atoms in total. The highest BCUT2D eigenvalue weighted by atomic mass is 16.3. The van der Waals surface area contributed by atoms with Crippen LogP contribution in [0.15, 0.2) is 60.8 Å². The number of likely N-dealkylation sites (N-methyl/N-ethyl adjacent to an activating group) is 1. The molecule has 0 saturated heterocycles. The predicted octanol–water partition coefficient (Wildman–Crippen LogP) is 2.68. The fraction of sp³-hybridized carbons (Fsp3) is 0.211. The third-order valence-corrected chi connectivity index (χ3v) is 4.07. The molecule has 0 fully saturated rings. The minimum atomic E-state index is -0.561. The van der Waals surface area contributed by atoms with Crippen LogP contribution >= 0.6 is 0 Å². The predicted molar refractivity (Wildman–Crippen MR) is 91.2 cm³/mol.